The van der Waals surface area contributed by atoms with Gasteiger partial charge >= 0.3 is 0 Å². The zero-order valence-corrected chi connectivity index (χ0v) is 13.1. The molecule has 1 aromatic heterocycles. The van der Waals surface area contributed by atoms with E-state index in [0.717, 1.165) is 27.1 Å². The van der Waals surface area contributed by atoms with Gasteiger partial charge in [-0.25, -0.2) is 0 Å². The highest BCUT2D eigenvalue weighted by Crippen LogP contribution is 2.33. The Kier molecular flexibility index (Phi) is 3.40. The van der Waals surface area contributed by atoms with E-state index in [1.54, 1.807) is 0 Å². The van der Waals surface area contributed by atoms with Crippen LogP contribution < -0.4 is 5.73 Å². The highest BCUT2D eigenvalue weighted by molar-refractivity contribution is 9.10. The molecule has 0 bridgehead atoms. The molecule has 2 N–H and O–H groups in total. The van der Waals surface area contributed by atoms with Gasteiger partial charge in [0.05, 0.1) is 6.04 Å². The van der Waals surface area contributed by atoms with Crippen LogP contribution in [0.15, 0.2) is 51.4 Å². The predicted molar refractivity (Wildman–Crippen MR) is 85.9 cm³/mol. The molecule has 2 nitrogen and oxygen atoms in total. The van der Waals surface area contributed by atoms with Gasteiger partial charge in [-0.2, -0.15) is 0 Å². The molecule has 0 amide bonds. The topological polar surface area (TPSA) is 39.2 Å². The molecular formula is C17H16BrNO. The van der Waals surface area contributed by atoms with Crippen molar-refractivity contribution in [2.24, 2.45) is 5.73 Å². The Labute approximate surface area is 126 Å². The van der Waals surface area contributed by atoms with E-state index in [0.29, 0.717) is 0 Å². The standard InChI is InChI=1S/C17H16BrNO/c1-10-9-15(11(2)20-10)17(19)14-7-8-16(18)13-6-4-3-5-12(13)14/h3-9,17H,19H2,1-2H3. The zero-order valence-electron chi connectivity index (χ0n) is 11.5. The van der Waals surface area contributed by atoms with Crippen LogP contribution in [-0.2, 0) is 0 Å². The molecule has 1 atom stereocenters. The molecule has 0 spiro atoms. The average molecular weight is 330 g/mol. The summed E-state index contributed by atoms with van der Waals surface area (Å²) in [5.41, 5.74) is 8.64. The van der Waals surface area contributed by atoms with Gasteiger partial charge in [0.1, 0.15) is 11.5 Å². The van der Waals surface area contributed by atoms with Gasteiger partial charge in [0.25, 0.3) is 0 Å². The average Bonchev–Trinajstić information content (AvgIpc) is 2.78. The zero-order chi connectivity index (χ0) is 14.3. The van der Waals surface area contributed by atoms with Gasteiger partial charge in [-0.1, -0.05) is 46.3 Å². The van der Waals surface area contributed by atoms with Crippen LogP contribution in [0, 0.1) is 13.8 Å². The van der Waals surface area contributed by atoms with Crippen LogP contribution in [-0.4, -0.2) is 0 Å². The van der Waals surface area contributed by atoms with Gasteiger partial charge in [-0.3, -0.25) is 0 Å². The molecule has 0 aliphatic heterocycles. The first kappa shape index (κ1) is 13.4. The number of nitrogens with two attached hydrogens (primary N) is 1. The largest absolute Gasteiger partial charge is 0.466 e. The third-order valence-corrected chi connectivity index (χ3v) is 4.35. The molecule has 0 aliphatic carbocycles. The first-order valence-corrected chi connectivity index (χ1v) is 7.37. The normalized spacial score (nSPS) is 12.8. The SMILES string of the molecule is Cc1cc(C(N)c2ccc(Br)c3ccccc23)c(C)o1. The lowest BCUT2D eigenvalue weighted by Gasteiger charge is -2.15. The van der Waals surface area contributed by atoms with Crippen molar-refractivity contribution in [3.63, 3.8) is 0 Å². The monoisotopic (exact) mass is 329 g/mol. The van der Waals surface area contributed by atoms with Crippen LogP contribution in [0.2, 0.25) is 0 Å². The fourth-order valence-corrected chi connectivity index (χ4v) is 3.16. The molecule has 1 heterocycles. The van der Waals surface area contributed by atoms with E-state index >= 15 is 0 Å². The maximum absolute atomic E-state index is 6.47. The maximum atomic E-state index is 6.47. The summed E-state index contributed by atoms with van der Waals surface area (Å²) in [6.07, 6.45) is 0. The summed E-state index contributed by atoms with van der Waals surface area (Å²) in [6, 6.07) is 14.3. The summed E-state index contributed by atoms with van der Waals surface area (Å²) in [4.78, 5) is 0. The minimum atomic E-state index is -0.176. The number of rotatable bonds is 2. The van der Waals surface area contributed by atoms with Gasteiger partial charge in [-0.05, 0) is 42.3 Å². The minimum Gasteiger partial charge on any atom is -0.466 e. The quantitative estimate of drug-likeness (QED) is 0.729. The second kappa shape index (κ2) is 5.08. The Morgan fingerprint density at radius 2 is 1.70 bits per heavy atom. The number of furan rings is 1. The maximum Gasteiger partial charge on any atom is 0.106 e. The lowest BCUT2D eigenvalue weighted by molar-refractivity contribution is 0.500. The van der Waals surface area contributed by atoms with E-state index in [1.165, 1.54) is 10.8 Å². The lowest BCUT2D eigenvalue weighted by atomic mass is 9.94. The molecule has 0 radical (unpaired) electrons. The molecule has 2 aromatic carbocycles. The van der Waals surface area contributed by atoms with Gasteiger partial charge in [0, 0.05) is 10.0 Å². The molecule has 102 valence electrons. The van der Waals surface area contributed by atoms with Crippen molar-refractivity contribution in [2.75, 3.05) is 0 Å². The van der Waals surface area contributed by atoms with Crippen molar-refractivity contribution >= 4 is 26.7 Å². The van der Waals surface area contributed by atoms with Gasteiger partial charge in [-0.15, -0.1) is 0 Å². The Balaban J connectivity index is 2.20. The van der Waals surface area contributed by atoms with Gasteiger partial charge in [0.15, 0.2) is 0 Å². The van der Waals surface area contributed by atoms with Crippen molar-refractivity contribution in [1.29, 1.82) is 0 Å². The van der Waals surface area contributed by atoms with E-state index in [2.05, 4.69) is 40.2 Å². The first-order valence-electron chi connectivity index (χ1n) is 6.57. The smallest absolute Gasteiger partial charge is 0.106 e. The fraction of sp³-hybridized carbons (Fsp3) is 0.176. The highest BCUT2D eigenvalue weighted by atomic mass is 79.9. The summed E-state index contributed by atoms with van der Waals surface area (Å²) < 4.78 is 6.69. The first-order chi connectivity index (χ1) is 9.58. The number of halogens is 1. The summed E-state index contributed by atoms with van der Waals surface area (Å²) in [6.45, 7) is 3.91. The van der Waals surface area contributed by atoms with Crippen molar-refractivity contribution in [3.8, 4) is 0 Å². The van der Waals surface area contributed by atoms with Crippen LogP contribution in [0.25, 0.3) is 10.8 Å². The van der Waals surface area contributed by atoms with Crippen LogP contribution in [0.4, 0.5) is 0 Å². The molecule has 3 aromatic rings. The molecular weight excluding hydrogens is 314 g/mol. The molecule has 3 rings (SSSR count). The number of fused-ring (bicyclic) bond motifs is 1. The Hall–Kier alpha value is -1.58. The lowest BCUT2D eigenvalue weighted by Crippen LogP contribution is -2.12. The van der Waals surface area contributed by atoms with Gasteiger partial charge in [0.2, 0.25) is 0 Å². The minimum absolute atomic E-state index is 0.176. The van der Waals surface area contributed by atoms with Crippen molar-refractivity contribution in [2.45, 2.75) is 19.9 Å². The number of hydrogen-bond donors (Lipinski definition) is 1. The summed E-state index contributed by atoms with van der Waals surface area (Å²) in [5.74, 6) is 1.79. The highest BCUT2D eigenvalue weighted by Gasteiger charge is 2.17. The number of hydrogen-bond acceptors (Lipinski definition) is 2. The van der Waals surface area contributed by atoms with E-state index in [9.17, 15) is 0 Å². The molecule has 0 saturated carbocycles. The molecule has 0 fully saturated rings. The fourth-order valence-electron chi connectivity index (χ4n) is 2.68. The summed E-state index contributed by atoms with van der Waals surface area (Å²) in [5, 5.41) is 2.35. The van der Waals surface area contributed by atoms with Crippen LogP contribution in [0.3, 0.4) is 0 Å². The Bertz CT molecular complexity index is 776. The van der Waals surface area contributed by atoms with E-state index in [-0.39, 0.29) is 6.04 Å². The third kappa shape index (κ3) is 2.17. The Morgan fingerprint density at radius 1 is 1.00 bits per heavy atom. The van der Waals surface area contributed by atoms with Crippen molar-refractivity contribution in [3.05, 3.63) is 69.6 Å². The van der Waals surface area contributed by atoms with Gasteiger partial charge < -0.3 is 10.2 Å². The molecule has 3 heteroatoms. The van der Waals surface area contributed by atoms with Crippen LogP contribution in [0.5, 0.6) is 0 Å². The van der Waals surface area contributed by atoms with E-state index in [1.807, 2.05) is 32.0 Å². The summed E-state index contributed by atoms with van der Waals surface area (Å²) in [7, 11) is 0. The van der Waals surface area contributed by atoms with Crippen molar-refractivity contribution < 1.29 is 4.42 Å². The van der Waals surface area contributed by atoms with Crippen LogP contribution in [0.1, 0.15) is 28.7 Å². The van der Waals surface area contributed by atoms with E-state index < -0.39 is 0 Å². The van der Waals surface area contributed by atoms with E-state index in [4.69, 9.17) is 10.2 Å². The van der Waals surface area contributed by atoms with Crippen molar-refractivity contribution in [1.82, 2.24) is 0 Å². The molecule has 1 unspecified atom stereocenters. The summed E-state index contributed by atoms with van der Waals surface area (Å²) >= 11 is 3.60. The molecule has 0 saturated heterocycles. The number of aryl methyl sites for hydroxylation is 2. The third-order valence-electron chi connectivity index (χ3n) is 3.65. The number of benzene rings is 2. The molecule has 20 heavy (non-hydrogen) atoms. The molecule has 0 aliphatic rings. The Morgan fingerprint density at radius 3 is 2.35 bits per heavy atom. The second-order valence-corrected chi connectivity index (χ2v) is 5.88. The second-order valence-electron chi connectivity index (χ2n) is 5.03. The predicted octanol–water partition coefficient (Wildman–Crippen LogP) is 4.86. The van der Waals surface area contributed by atoms with Crippen LogP contribution >= 0.6 is 15.9 Å².